The standard InChI is InChI=1S/C20H24F2N2O6/c1-28-15-8-13(19(27)29-2)14(9-16(15)30-20(21)22)23-18(26)11-7-17(25)24(10-11)12-5-3-4-6-12/h8-9,11-12,20H,3-7,10H2,1-2H3,(H,23,26). The highest BCUT2D eigenvalue weighted by molar-refractivity contribution is 6.04. The number of methoxy groups -OCH3 is 2. The molecule has 0 aromatic heterocycles. The Kier molecular flexibility index (Phi) is 6.73. The third kappa shape index (κ3) is 4.63. The van der Waals surface area contributed by atoms with Crippen molar-refractivity contribution in [3.8, 4) is 11.5 Å². The van der Waals surface area contributed by atoms with Crippen molar-refractivity contribution < 1.29 is 37.4 Å². The van der Waals surface area contributed by atoms with E-state index in [9.17, 15) is 23.2 Å². The van der Waals surface area contributed by atoms with Crippen molar-refractivity contribution in [2.45, 2.75) is 44.8 Å². The Labute approximate surface area is 172 Å². The van der Waals surface area contributed by atoms with Crippen LogP contribution in [0.4, 0.5) is 14.5 Å². The van der Waals surface area contributed by atoms with Gasteiger partial charge in [-0.15, -0.1) is 0 Å². The minimum atomic E-state index is -3.13. The van der Waals surface area contributed by atoms with Gasteiger partial charge in [0.25, 0.3) is 0 Å². The molecule has 10 heteroatoms. The van der Waals surface area contributed by atoms with E-state index >= 15 is 0 Å². The Morgan fingerprint density at radius 3 is 2.47 bits per heavy atom. The van der Waals surface area contributed by atoms with Gasteiger partial charge in [-0.25, -0.2) is 4.79 Å². The van der Waals surface area contributed by atoms with E-state index < -0.39 is 24.4 Å². The fourth-order valence-corrected chi connectivity index (χ4v) is 4.00. The molecule has 0 radical (unpaired) electrons. The maximum Gasteiger partial charge on any atom is 0.387 e. The monoisotopic (exact) mass is 426 g/mol. The topological polar surface area (TPSA) is 94.2 Å². The summed E-state index contributed by atoms with van der Waals surface area (Å²) in [4.78, 5) is 39.1. The van der Waals surface area contributed by atoms with E-state index in [0.717, 1.165) is 44.9 Å². The minimum absolute atomic E-state index is 0.0601. The number of carbonyl (C=O) groups excluding carboxylic acids is 3. The average molecular weight is 426 g/mol. The van der Waals surface area contributed by atoms with Crippen molar-refractivity contribution in [3.05, 3.63) is 17.7 Å². The quantitative estimate of drug-likeness (QED) is 0.674. The van der Waals surface area contributed by atoms with Crippen LogP contribution in [-0.4, -0.2) is 56.1 Å². The molecule has 2 amide bonds. The Bertz CT molecular complexity index is 826. The van der Waals surface area contributed by atoms with Gasteiger partial charge in [0.05, 0.1) is 31.4 Å². The molecule has 0 spiro atoms. The summed E-state index contributed by atoms with van der Waals surface area (Å²) < 4.78 is 39.6. The van der Waals surface area contributed by atoms with Gasteiger partial charge >= 0.3 is 12.6 Å². The van der Waals surface area contributed by atoms with Crippen LogP contribution >= 0.6 is 0 Å². The second-order valence-electron chi connectivity index (χ2n) is 7.29. The van der Waals surface area contributed by atoms with Crippen molar-refractivity contribution in [1.82, 2.24) is 4.90 Å². The summed E-state index contributed by atoms with van der Waals surface area (Å²) >= 11 is 0. The van der Waals surface area contributed by atoms with Gasteiger partial charge in [0.15, 0.2) is 11.5 Å². The number of benzene rings is 1. The van der Waals surface area contributed by atoms with Crippen LogP contribution in [-0.2, 0) is 14.3 Å². The largest absolute Gasteiger partial charge is 0.493 e. The van der Waals surface area contributed by atoms with E-state index in [1.165, 1.54) is 7.11 Å². The number of carbonyl (C=O) groups is 3. The highest BCUT2D eigenvalue weighted by Crippen LogP contribution is 2.36. The van der Waals surface area contributed by atoms with Crippen molar-refractivity contribution in [1.29, 1.82) is 0 Å². The fraction of sp³-hybridized carbons (Fsp3) is 0.550. The molecular formula is C20H24F2N2O6. The lowest BCUT2D eigenvalue weighted by molar-refractivity contribution is -0.129. The number of anilines is 1. The molecule has 1 saturated heterocycles. The summed E-state index contributed by atoms with van der Waals surface area (Å²) in [5.74, 6) is -2.41. The Morgan fingerprint density at radius 2 is 1.87 bits per heavy atom. The molecule has 1 saturated carbocycles. The molecule has 1 N–H and O–H groups in total. The highest BCUT2D eigenvalue weighted by atomic mass is 19.3. The van der Waals surface area contributed by atoms with Gasteiger partial charge in [0, 0.05) is 31.1 Å². The molecule has 2 aliphatic rings. The van der Waals surface area contributed by atoms with E-state index in [-0.39, 0.29) is 41.1 Å². The van der Waals surface area contributed by atoms with E-state index in [2.05, 4.69) is 10.1 Å². The molecule has 2 fully saturated rings. The minimum Gasteiger partial charge on any atom is -0.493 e. The molecule has 8 nitrogen and oxygen atoms in total. The zero-order chi connectivity index (χ0) is 21.8. The van der Waals surface area contributed by atoms with Crippen LogP contribution in [0.5, 0.6) is 11.5 Å². The Balaban J connectivity index is 1.82. The molecule has 1 atom stereocenters. The predicted molar refractivity (Wildman–Crippen MR) is 102 cm³/mol. The van der Waals surface area contributed by atoms with Crippen molar-refractivity contribution in [2.24, 2.45) is 5.92 Å². The number of likely N-dealkylation sites (tertiary alicyclic amines) is 1. The molecule has 1 aromatic rings. The first kappa shape index (κ1) is 21.8. The first-order valence-corrected chi connectivity index (χ1v) is 9.69. The average Bonchev–Trinajstić information content (AvgIpc) is 3.36. The number of hydrogen-bond donors (Lipinski definition) is 1. The zero-order valence-corrected chi connectivity index (χ0v) is 16.8. The van der Waals surface area contributed by atoms with Gasteiger partial charge in [-0.2, -0.15) is 8.78 Å². The molecule has 0 bridgehead atoms. The molecule has 1 heterocycles. The SMILES string of the molecule is COC(=O)c1cc(OC)c(OC(F)F)cc1NC(=O)C1CC(=O)N(C2CCCC2)C1. The second kappa shape index (κ2) is 9.27. The van der Waals surface area contributed by atoms with Gasteiger partial charge in [-0.1, -0.05) is 12.8 Å². The molecule has 1 aromatic carbocycles. The normalized spacial score (nSPS) is 19.3. The predicted octanol–water partition coefficient (Wildman–Crippen LogP) is 2.81. The number of esters is 1. The van der Waals surface area contributed by atoms with E-state index in [1.54, 1.807) is 4.90 Å². The highest BCUT2D eigenvalue weighted by Gasteiger charge is 2.39. The van der Waals surface area contributed by atoms with Gasteiger partial charge < -0.3 is 24.4 Å². The summed E-state index contributed by atoms with van der Waals surface area (Å²) in [5, 5.41) is 2.57. The van der Waals surface area contributed by atoms with Crippen molar-refractivity contribution in [2.75, 3.05) is 26.1 Å². The van der Waals surface area contributed by atoms with E-state index in [0.29, 0.717) is 6.54 Å². The number of ether oxygens (including phenoxy) is 3. The smallest absolute Gasteiger partial charge is 0.387 e. The molecule has 3 rings (SSSR count). The number of hydrogen-bond acceptors (Lipinski definition) is 6. The summed E-state index contributed by atoms with van der Waals surface area (Å²) in [6, 6.07) is 2.40. The molecule has 164 valence electrons. The molecule has 30 heavy (non-hydrogen) atoms. The van der Waals surface area contributed by atoms with Crippen LogP contribution in [0.3, 0.4) is 0 Å². The Morgan fingerprint density at radius 1 is 1.17 bits per heavy atom. The lowest BCUT2D eigenvalue weighted by Gasteiger charge is -2.24. The van der Waals surface area contributed by atoms with Gasteiger partial charge in [-0.05, 0) is 12.8 Å². The Hall–Kier alpha value is -2.91. The lowest BCUT2D eigenvalue weighted by Crippen LogP contribution is -2.35. The maximum atomic E-state index is 12.8. The van der Waals surface area contributed by atoms with Crippen LogP contribution in [0, 0.1) is 5.92 Å². The van der Waals surface area contributed by atoms with Crippen LogP contribution < -0.4 is 14.8 Å². The number of halogens is 2. The lowest BCUT2D eigenvalue weighted by atomic mass is 10.1. The van der Waals surface area contributed by atoms with Crippen LogP contribution in [0.2, 0.25) is 0 Å². The molecule has 1 aliphatic heterocycles. The zero-order valence-electron chi connectivity index (χ0n) is 16.8. The number of alkyl halides is 2. The summed E-state index contributed by atoms with van der Waals surface area (Å²) in [6.07, 6.45) is 4.05. The number of amides is 2. The van der Waals surface area contributed by atoms with E-state index in [1.807, 2.05) is 0 Å². The van der Waals surface area contributed by atoms with Crippen molar-refractivity contribution in [3.63, 3.8) is 0 Å². The van der Waals surface area contributed by atoms with Gasteiger partial charge in [0.2, 0.25) is 11.8 Å². The molecule has 1 unspecified atom stereocenters. The van der Waals surface area contributed by atoms with Crippen LogP contribution in [0.1, 0.15) is 42.5 Å². The molecular weight excluding hydrogens is 402 g/mol. The number of nitrogens with one attached hydrogen (secondary N) is 1. The second-order valence-corrected chi connectivity index (χ2v) is 7.29. The van der Waals surface area contributed by atoms with Crippen LogP contribution in [0.25, 0.3) is 0 Å². The first-order chi connectivity index (χ1) is 14.3. The van der Waals surface area contributed by atoms with Crippen molar-refractivity contribution >= 4 is 23.5 Å². The number of rotatable bonds is 7. The van der Waals surface area contributed by atoms with Gasteiger partial charge in [-0.3, -0.25) is 9.59 Å². The summed E-state index contributed by atoms with van der Waals surface area (Å²) in [6.45, 7) is -2.83. The maximum absolute atomic E-state index is 12.8. The first-order valence-electron chi connectivity index (χ1n) is 9.69. The summed E-state index contributed by atoms with van der Waals surface area (Å²) in [5.41, 5.74) is -0.142. The van der Waals surface area contributed by atoms with E-state index in [4.69, 9.17) is 9.47 Å². The third-order valence-corrected chi connectivity index (χ3v) is 5.48. The fourth-order valence-electron chi connectivity index (χ4n) is 4.00. The third-order valence-electron chi connectivity index (χ3n) is 5.48. The van der Waals surface area contributed by atoms with Crippen LogP contribution in [0.15, 0.2) is 12.1 Å². The number of nitrogens with zero attached hydrogens (tertiary/aromatic N) is 1. The van der Waals surface area contributed by atoms with Gasteiger partial charge in [0.1, 0.15) is 0 Å². The molecule has 1 aliphatic carbocycles. The summed E-state index contributed by atoms with van der Waals surface area (Å²) in [7, 11) is 2.38.